The van der Waals surface area contributed by atoms with Crippen molar-refractivity contribution in [2.45, 2.75) is 25.9 Å². The number of likely N-dealkylation sites (tertiary alicyclic amines) is 1. The zero-order valence-corrected chi connectivity index (χ0v) is 10.8. The minimum atomic E-state index is -1.06. The van der Waals surface area contributed by atoms with Crippen molar-refractivity contribution in [3.63, 3.8) is 0 Å². The molecule has 104 valence electrons. The Labute approximate surface area is 111 Å². The fraction of sp³-hybridized carbons (Fsp3) is 0.500. The Balaban J connectivity index is 2.18. The average molecular weight is 267 g/mol. The molecule has 5 heteroatoms. The van der Waals surface area contributed by atoms with Crippen LogP contribution in [0.3, 0.4) is 0 Å². The first-order valence-electron chi connectivity index (χ1n) is 6.39. The molecule has 0 spiro atoms. The molecule has 0 saturated carbocycles. The zero-order valence-electron chi connectivity index (χ0n) is 10.8. The molecule has 1 fully saturated rings. The molecule has 0 amide bonds. The van der Waals surface area contributed by atoms with Crippen LogP contribution in [0, 0.1) is 11.7 Å². The first-order chi connectivity index (χ1) is 9.02. The number of aliphatic hydroxyl groups excluding tert-OH is 1. The van der Waals surface area contributed by atoms with Gasteiger partial charge in [-0.25, -0.2) is 9.18 Å². The molecule has 0 aliphatic carbocycles. The van der Waals surface area contributed by atoms with E-state index in [-0.39, 0.29) is 18.2 Å². The molecule has 2 rings (SSSR count). The van der Waals surface area contributed by atoms with Crippen molar-refractivity contribution in [3.8, 4) is 0 Å². The second kappa shape index (κ2) is 5.67. The van der Waals surface area contributed by atoms with Crippen molar-refractivity contribution >= 4 is 5.97 Å². The SMILES string of the molecule is CC1CCN(Cc2cc(C(=O)O)ccc2F)C1CO. The van der Waals surface area contributed by atoms with E-state index in [4.69, 9.17) is 5.11 Å². The predicted octanol–water partition coefficient (Wildman–Crippen LogP) is 1.73. The van der Waals surface area contributed by atoms with Crippen LogP contribution < -0.4 is 0 Å². The van der Waals surface area contributed by atoms with Gasteiger partial charge in [0.25, 0.3) is 0 Å². The maximum Gasteiger partial charge on any atom is 0.335 e. The van der Waals surface area contributed by atoms with Crippen LogP contribution in [0.25, 0.3) is 0 Å². The van der Waals surface area contributed by atoms with Gasteiger partial charge in [0, 0.05) is 18.2 Å². The summed E-state index contributed by atoms with van der Waals surface area (Å²) in [4.78, 5) is 12.9. The van der Waals surface area contributed by atoms with E-state index in [1.165, 1.54) is 18.2 Å². The monoisotopic (exact) mass is 267 g/mol. The van der Waals surface area contributed by atoms with Gasteiger partial charge in [0.2, 0.25) is 0 Å². The van der Waals surface area contributed by atoms with Crippen LogP contribution in [0.1, 0.15) is 29.3 Å². The summed E-state index contributed by atoms with van der Waals surface area (Å²) in [5.74, 6) is -1.09. The summed E-state index contributed by atoms with van der Waals surface area (Å²) in [6, 6.07) is 3.84. The maximum absolute atomic E-state index is 13.7. The molecule has 4 nitrogen and oxygen atoms in total. The van der Waals surface area contributed by atoms with Crippen molar-refractivity contribution in [3.05, 3.63) is 35.1 Å². The van der Waals surface area contributed by atoms with Crippen molar-refractivity contribution in [2.75, 3.05) is 13.2 Å². The van der Waals surface area contributed by atoms with Gasteiger partial charge in [0.05, 0.1) is 12.2 Å². The molecule has 19 heavy (non-hydrogen) atoms. The van der Waals surface area contributed by atoms with E-state index in [1.807, 2.05) is 4.90 Å². The standard InChI is InChI=1S/C14H18FNO3/c1-9-4-5-16(13(9)8-17)7-11-6-10(14(18)19)2-3-12(11)15/h2-3,6,9,13,17H,4-5,7-8H2,1H3,(H,18,19). The lowest BCUT2D eigenvalue weighted by Gasteiger charge is -2.25. The minimum absolute atomic E-state index is 0.0212. The second-order valence-corrected chi connectivity index (χ2v) is 5.10. The Kier molecular flexibility index (Phi) is 4.17. The molecule has 2 atom stereocenters. The first-order valence-corrected chi connectivity index (χ1v) is 6.39. The average Bonchev–Trinajstić information content (AvgIpc) is 2.72. The highest BCUT2D eigenvalue weighted by Crippen LogP contribution is 2.26. The number of aliphatic hydroxyl groups is 1. The van der Waals surface area contributed by atoms with Gasteiger partial charge in [-0.3, -0.25) is 4.90 Å². The van der Waals surface area contributed by atoms with Gasteiger partial charge in [-0.15, -0.1) is 0 Å². The lowest BCUT2D eigenvalue weighted by atomic mass is 10.0. The maximum atomic E-state index is 13.7. The Hall–Kier alpha value is -1.46. The lowest BCUT2D eigenvalue weighted by molar-refractivity contribution is 0.0696. The number of benzene rings is 1. The van der Waals surface area contributed by atoms with Gasteiger partial charge in [-0.05, 0) is 37.1 Å². The highest BCUT2D eigenvalue weighted by atomic mass is 19.1. The second-order valence-electron chi connectivity index (χ2n) is 5.10. The molecule has 1 saturated heterocycles. The van der Waals surface area contributed by atoms with Crippen molar-refractivity contribution < 1.29 is 19.4 Å². The molecule has 0 radical (unpaired) electrons. The third kappa shape index (κ3) is 2.93. The van der Waals surface area contributed by atoms with E-state index in [0.29, 0.717) is 18.0 Å². The number of halogens is 1. The quantitative estimate of drug-likeness (QED) is 0.872. The predicted molar refractivity (Wildman–Crippen MR) is 68.4 cm³/mol. The number of rotatable bonds is 4. The number of aromatic carboxylic acids is 1. The van der Waals surface area contributed by atoms with E-state index >= 15 is 0 Å². The molecule has 1 aromatic rings. The highest BCUT2D eigenvalue weighted by molar-refractivity contribution is 5.87. The smallest absolute Gasteiger partial charge is 0.335 e. The molecule has 2 unspecified atom stereocenters. The molecular weight excluding hydrogens is 249 g/mol. The van der Waals surface area contributed by atoms with Gasteiger partial charge in [-0.1, -0.05) is 6.92 Å². The summed E-state index contributed by atoms with van der Waals surface area (Å²) in [6.45, 7) is 3.23. The first kappa shape index (κ1) is 14.0. The molecule has 1 aromatic carbocycles. The normalized spacial score (nSPS) is 23.7. The van der Waals surface area contributed by atoms with Crippen LogP contribution >= 0.6 is 0 Å². The Morgan fingerprint density at radius 1 is 1.53 bits per heavy atom. The van der Waals surface area contributed by atoms with Crippen LogP contribution in [0.4, 0.5) is 4.39 Å². The molecule has 1 aliphatic rings. The minimum Gasteiger partial charge on any atom is -0.478 e. The number of hydrogen-bond acceptors (Lipinski definition) is 3. The van der Waals surface area contributed by atoms with E-state index < -0.39 is 11.8 Å². The topological polar surface area (TPSA) is 60.8 Å². The number of carbonyl (C=O) groups is 1. The summed E-state index contributed by atoms with van der Waals surface area (Å²) < 4.78 is 13.7. The van der Waals surface area contributed by atoms with Crippen LogP contribution in [0.5, 0.6) is 0 Å². The lowest BCUT2D eigenvalue weighted by Crippen LogP contribution is -2.34. The molecule has 2 N–H and O–H groups in total. The molecule has 0 bridgehead atoms. The van der Waals surface area contributed by atoms with Gasteiger partial charge in [-0.2, -0.15) is 0 Å². The summed E-state index contributed by atoms with van der Waals surface area (Å²) in [5.41, 5.74) is 0.455. The third-order valence-corrected chi connectivity index (χ3v) is 3.85. The summed E-state index contributed by atoms with van der Waals surface area (Å²) >= 11 is 0. The summed E-state index contributed by atoms with van der Waals surface area (Å²) in [5, 5.41) is 18.3. The van der Waals surface area contributed by atoms with Gasteiger partial charge in [0.15, 0.2) is 0 Å². The number of hydrogen-bond donors (Lipinski definition) is 2. The number of nitrogens with zero attached hydrogens (tertiary/aromatic N) is 1. The Morgan fingerprint density at radius 2 is 2.26 bits per heavy atom. The number of carboxylic acids is 1. The van der Waals surface area contributed by atoms with Gasteiger partial charge in [0.1, 0.15) is 5.82 Å². The summed E-state index contributed by atoms with van der Waals surface area (Å²) in [7, 11) is 0. The van der Waals surface area contributed by atoms with Gasteiger partial charge < -0.3 is 10.2 Å². The van der Waals surface area contributed by atoms with E-state index in [2.05, 4.69) is 6.92 Å². The fourth-order valence-corrected chi connectivity index (χ4v) is 2.63. The van der Waals surface area contributed by atoms with Crippen molar-refractivity contribution in [2.24, 2.45) is 5.92 Å². The van der Waals surface area contributed by atoms with E-state index in [0.717, 1.165) is 13.0 Å². The highest BCUT2D eigenvalue weighted by Gasteiger charge is 2.30. The summed E-state index contributed by atoms with van der Waals surface area (Å²) in [6.07, 6.45) is 0.964. The molecular formula is C14H18FNO3. The van der Waals surface area contributed by atoms with Crippen molar-refractivity contribution in [1.82, 2.24) is 4.90 Å². The van der Waals surface area contributed by atoms with Crippen LogP contribution in [-0.4, -0.2) is 40.3 Å². The third-order valence-electron chi connectivity index (χ3n) is 3.85. The zero-order chi connectivity index (χ0) is 14.0. The molecule has 0 aromatic heterocycles. The molecule has 1 aliphatic heterocycles. The number of carboxylic acid groups (broad SMARTS) is 1. The van der Waals surface area contributed by atoms with Crippen molar-refractivity contribution in [1.29, 1.82) is 0 Å². The van der Waals surface area contributed by atoms with Crippen LogP contribution in [0.15, 0.2) is 18.2 Å². The van der Waals surface area contributed by atoms with Crippen LogP contribution in [-0.2, 0) is 6.54 Å². The fourth-order valence-electron chi connectivity index (χ4n) is 2.63. The van der Waals surface area contributed by atoms with Gasteiger partial charge >= 0.3 is 5.97 Å². The molecule has 1 heterocycles. The van der Waals surface area contributed by atoms with Crippen LogP contribution in [0.2, 0.25) is 0 Å². The Bertz CT molecular complexity index is 478. The largest absolute Gasteiger partial charge is 0.478 e. The van der Waals surface area contributed by atoms with E-state index in [9.17, 15) is 14.3 Å². The Morgan fingerprint density at radius 3 is 2.89 bits per heavy atom. The van der Waals surface area contributed by atoms with E-state index in [1.54, 1.807) is 0 Å².